The third-order valence-electron chi connectivity index (χ3n) is 5.43. The normalized spacial score (nSPS) is 31.5. The molecule has 0 radical (unpaired) electrons. The van der Waals surface area contributed by atoms with Crippen LogP contribution in [-0.4, -0.2) is 29.9 Å². The highest BCUT2D eigenvalue weighted by Gasteiger charge is 2.52. The average molecular weight is 303 g/mol. The fourth-order valence-electron chi connectivity index (χ4n) is 4.64. The minimum absolute atomic E-state index is 0.220. The van der Waals surface area contributed by atoms with Gasteiger partial charge < -0.3 is 10.1 Å². The summed E-state index contributed by atoms with van der Waals surface area (Å²) in [6, 6.07) is 3.19. The number of hydrogen-bond donors (Lipinski definition) is 2. The molecule has 1 aromatic carbocycles. The van der Waals surface area contributed by atoms with Gasteiger partial charge in [-0.3, -0.25) is 5.10 Å². The Labute approximate surface area is 129 Å². The molecule has 4 rings (SSSR count). The molecule has 1 aliphatic carbocycles. The molecule has 2 unspecified atom stereocenters. The summed E-state index contributed by atoms with van der Waals surface area (Å²) in [5.41, 5.74) is 1.35. The van der Waals surface area contributed by atoms with E-state index in [1.807, 2.05) is 13.1 Å². The Balaban J connectivity index is 1.96. The fraction of sp³-hybridized carbons (Fsp3) is 0.588. The fourth-order valence-corrected chi connectivity index (χ4v) is 4.64. The highest BCUT2D eigenvalue weighted by Crippen LogP contribution is 2.51. The molecule has 2 bridgehead atoms. The maximum atomic E-state index is 14.2. The molecule has 0 spiro atoms. The van der Waals surface area contributed by atoms with Crippen molar-refractivity contribution in [3.05, 3.63) is 29.7 Å². The van der Waals surface area contributed by atoms with Crippen molar-refractivity contribution >= 4 is 10.9 Å². The molecule has 1 aromatic heterocycles. The van der Waals surface area contributed by atoms with E-state index < -0.39 is 0 Å². The van der Waals surface area contributed by atoms with Crippen LogP contribution < -0.4 is 5.32 Å². The summed E-state index contributed by atoms with van der Waals surface area (Å²) in [7, 11) is 0. The molecule has 0 amide bonds. The van der Waals surface area contributed by atoms with E-state index in [0.29, 0.717) is 18.4 Å². The Bertz CT molecular complexity index is 662. The van der Waals surface area contributed by atoms with Crippen molar-refractivity contribution < 1.29 is 9.13 Å². The van der Waals surface area contributed by atoms with Crippen molar-refractivity contribution in [3.63, 3.8) is 0 Å². The molecule has 2 heterocycles. The number of nitrogens with zero attached hydrogens (tertiary/aromatic N) is 1. The third kappa shape index (κ3) is 1.92. The van der Waals surface area contributed by atoms with Crippen LogP contribution in [0.2, 0.25) is 0 Å². The largest absolute Gasteiger partial charge is 0.370 e. The van der Waals surface area contributed by atoms with Crippen LogP contribution in [0.25, 0.3) is 10.9 Å². The van der Waals surface area contributed by atoms with Gasteiger partial charge in [-0.1, -0.05) is 6.42 Å². The number of nitrogens with one attached hydrogen (secondary N) is 2. The molecule has 4 nitrogen and oxygen atoms in total. The van der Waals surface area contributed by atoms with Crippen molar-refractivity contribution in [1.29, 1.82) is 0 Å². The van der Waals surface area contributed by atoms with Crippen LogP contribution in [0.5, 0.6) is 0 Å². The molecule has 118 valence electrons. The van der Waals surface area contributed by atoms with Crippen LogP contribution in [0.15, 0.2) is 18.3 Å². The Morgan fingerprint density at radius 3 is 2.82 bits per heavy atom. The smallest absolute Gasteiger partial charge is 0.125 e. The minimum Gasteiger partial charge on any atom is -0.370 e. The molecule has 2 aromatic rings. The van der Waals surface area contributed by atoms with Gasteiger partial charge in [0.05, 0.1) is 11.7 Å². The summed E-state index contributed by atoms with van der Waals surface area (Å²) in [6.45, 7) is 4.55. The first-order chi connectivity index (χ1) is 10.8. The van der Waals surface area contributed by atoms with Gasteiger partial charge in [-0.15, -0.1) is 0 Å². The van der Waals surface area contributed by atoms with Crippen LogP contribution >= 0.6 is 0 Å². The van der Waals surface area contributed by atoms with E-state index in [1.54, 1.807) is 6.07 Å². The summed E-state index contributed by atoms with van der Waals surface area (Å²) < 4.78 is 20.6. The Morgan fingerprint density at radius 2 is 2.09 bits per heavy atom. The zero-order valence-electron chi connectivity index (χ0n) is 12.9. The molecule has 1 saturated heterocycles. The van der Waals surface area contributed by atoms with Crippen molar-refractivity contribution in [2.45, 2.75) is 31.8 Å². The van der Waals surface area contributed by atoms with Gasteiger partial charge in [0.1, 0.15) is 11.4 Å². The van der Waals surface area contributed by atoms with Gasteiger partial charge in [0, 0.05) is 36.9 Å². The Hall–Kier alpha value is -1.46. The van der Waals surface area contributed by atoms with Gasteiger partial charge in [0.2, 0.25) is 0 Å². The van der Waals surface area contributed by atoms with E-state index in [-0.39, 0.29) is 11.4 Å². The number of piperidine rings is 1. The lowest BCUT2D eigenvalue weighted by Gasteiger charge is -2.53. The first-order valence-electron chi connectivity index (χ1n) is 8.23. The molecule has 1 saturated carbocycles. The van der Waals surface area contributed by atoms with Crippen LogP contribution in [-0.2, 0) is 10.3 Å². The van der Waals surface area contributed by atoms with Gasteiger partial charge in [0.15, 0.2) is 0 Å². The summed E-state index contributed by atoms with van der Waals surface area (Å²) in [5, 5.41) is 11.5. The van der Waals surface area contributed by atoms with Crippen LogP contribution in [0.3, 0.4) is 0 Å². The van der Waals surface area contributed by atoms with E-state index in [0.717, 1.165) is 42.4 Å². The second-order valence-corrected chi connectivity index (χ2v) is 6.49. The van der Waals surface area contributed by atoms with Gasteiger partial charge in [0.25, 0.3) is 0 Å². The monoisotopic (exact) mass is 303 g/mol. The average Bonchev–Trinajstić information content (AvgIpc) is 2.94. The zero-order valence-corrected chi connectivity index (χ0v) is 12.9. The van der Waals surface area contributed by atoms with Gasteiger partial charge >= 0.3 is 0 Å². The van der Waals surface area contributed by atoms with Crippen LogP contribution in [0, 0.1) is 17.7 Å². The van der Waals surface area contributed by atoms with Crippen LogP contribution in [0.1, 0.15) is 31.7 Å². The molecule has 2 N–H and O–H groups in total. The highest BCUT2D eigenvalue weighted by atomic mass is 19.1. The molecular weight excluding hydrogens is 281 g/mol. The first-order valence-corrected chi connectivity index (χ1v) is 8.23. The van der Waals surface area contributed by atoms with Gasteiger partial charge in [-0.25, -0.2) is 4.39 Å². The van der Waals surface area contributed by atoms with E-state index in [2.05, 4.69) is 15.5 Å². The number of aromatic amines is 1. The van der Waals surface area contributed by atoms with E-state index in [4.69, 9.17) is 4.74 Å². The molecule has 2 atom stereocenters. The lowest BCUT2D eigenvalue weighted by molar-refractivity contribution is -0.160. The second-order valence-electron chi connectivity index (χ2n) is 6.49. The summed E-state index contributed by atoms with van der Waals surface area (Å²) >= 11 is 0. The predicted molar refractivity (Wildman–Crippen MR) is 83.1 cm³/mol. The summed E-state index contributed by atoms with van der Waals surface area (Å²) in [6.07, 6.45) is 5.29. The van der Waals surface area contributed by atoms with Crippen molar-refractivity contribution in [3.8, 4) is 0 Å². The quantitative estimate of drug-likeness (QED) is 0.916. The number of H-pyrrole nitrogens is 1. The molecule has 2 fully saturated rings. The minimum atomic E-state index is -0.386. The zero-order chi connectivity index (χ0) is 15.2. The van der Waals surface area contributed by atoms with Crippen molar-refractivity contribution in [2.75, 3.05) is 19.7 Å². The third-order valence-corrected chi connectivity index (χ3v) is 5.43. The first kappa shape index (κ1) is 14.2. The van der Waals surface area contributed by atoms with Crippen molar-refractivity contribution in [2.24, 2.45) is 11.8 Å². The number of fused-ring (bicyclic) bond motifs is 3. The van der Waals surface area contributed by atoms with E-state index in [1.165, 1.54) is 12.5 Å². The summed E-state index contributed by atoms with van der Waals surface area (Å²) in [4.78, 5) is 0. The van der Waals surface area contributed by atoms with E-state index in [9.17, 15) is 4.39 Å². The maximum absolute atomic E-state index is 14.2. The molecule has 5 heteroatoms. The number of benzene rings is 1. The number of hydrogen-bond acceptors (Lipinski definition) is 3. The van der Waals surface area contributed by atoms with E-state index >= 15 is 0 Å². The van der Waals surface area contributed by atoms with Crippen molar-refractivity contribution in [1.82, 2.24) is 15.5 Å². The van der Waals surface area contributed by atoms with Crippen LogP contribution in [0.4, 0.5) is 4.39 Å². The molecule has 22 heavy (non-hydrogen) atoms. The van der Waals surface area contributed by atoms with Gasteiger partial charge in [-0.2, -0.15) is 5.10 Å². The topological polar surface area (TPSA) is 49.9 Å². The standard InChI is InChI=1S/C17H22FN3O/c1-2-22-17(11-4-3-5-12(17)9-19-8-11)15-6-13(18)7-16-14(15)10-20-21-16/h6-7,10-12,19H,2-5,8-9H2,1H3,(H,20,21). The SMILES string of the molecule is CCOC1(c2cc(F)cc3[nH]ncc23)C2CCCC1CNC2. The lowest BCUT2D eigenvalue weighted by atomic mass is 9.62. The lowest BCUT2D eigenvalue weighted by Crippen LogP contribution is -2.58. The summed E-state index contributed by atoms with van der Waals surface area (Å²) in [5.74, 6) is 0.558. The number of aromatic nitrogens is 2. The molecular formula is C17H22FN3O. The Kier molecular flexibility index (Phi) is 3.42. The molecule has 1 aliphatic heterocycles. The second kappa shape index (κ2) is 5.32. The maximum Gasteiger partial charge on any atom is 0.125 e. The van der Waals surface area contributed by atoms with Gasteiger partial charge in [-0.05, 0) is 37.5 Å². The number of halogens is 1. The number of rotatable bonds is 3. The number of ether oxygens (including phenoxy) is 1. The predicted octanol–water partition coefficient (Wildman–Crippen LogP) is 2.95. The molecule has 2 aliphatic rings. The Morgan fingerprint density at radius 1 is 1.32 bits per heavy atom. The highest BCUT2D eigenvalue weighted by molar-refractivity contribution is 5.83.